The van der Waals surface area contributed by atoms with Gasteiger partial charge in [-0.2, -0.15) is 0 Å². The van der Waals surface area contributed by atoms with Gasteiger partial charge in [0.25, 0.3) is 0 Å². The van der Waals surface area contributed by atoms with Crippen molar-refractivity contribution in [2.24, 2.45) is 11.8 Å². The molecule has 1 N–H and O–H groups in total. The number of hydrogen-bond donors (Lipinski definition) is 1. The first-order valence-corrected chi connectivity index (χ1v) is 6.05. The van der Waals surface area contributed by atoms with Crippen LogP contribution < -0.4 is 4.74 Å². The van der Waals surface area contributed by atoms with Crippen molar-refractivity contribution in [3.63, 3.8) is 0 Å². The van der Waals surface area contributed by atoms with Crippen molar-refractivity contribution in [3.8, 4) is 5.75 Å². The van der Waals surface area contributed by atoms with Crippen molar-refractivity contribution >= 4 is 15.9 Å². The van der Waals surface area contributed by atoms with Gasteiger partial charge in [0.05, 0.1) is 17.7 Å². The van der Waals surface area contributed by atoms with E-state index in [0.29, 0.717) is 21.7 Å². The molecule has 1 aliphatic carbocycles. The van der Waals surface area contributed by atoms with Crippen LogP contribution in [0.5, 0.6) is 5.75 Å². The van der Waals surface area contributed by atoms with Crippen LogP contribution >= 0.6 is 15.9 Å². The quantitative estimate of drug-likeness (QED) is 0.925. The number of aliphatic hydroxyl groups is 1. The lowest BCUT2D eigenvalue weighted by Crippen LogP contribution is -2.04. The molecule has 3 atom stereocenters. The zero-order valence-corrected chi connectivity index (χ0v) is 10.8. The number of hydrogen-bond acceptors (Lipinski definition) is 2. The lowest BCUT2D eigenvalue weighted by molar-refractivity contribution is 0.144. The fraction of sp³-hybridized carbons (Fsp3) is 0.500. The minimum atomic E-state index is -0.568. The van der Waals surface area contributed by atoms with E-state index < -0.39 is 6.10 Å². The third-order valence-electron chi connectivity index (χ3n) is 3.17. The Hall–Kier alpha value is -0.610. The Morgan fingerprint density at radius 3 is 2.69 bits per heavy atom. The second-order valence-corrected chi connectivity index (χ2v) is 5.18. The highest BCUT2D eigenvalue weighted by molar-refractivity contribution is 9.10. The predicted octanol–water partition coefficient (Wildman–Crippen LogP) is 3.29. The molecule has 0 amide bonds. The number of ether oxygens (including phenoxy) is 1. The Kier molecular flexibility index (Phi) is 3.22. The number of benzene rings is 1. The third kappa shape index (κ3) is 2.09. The van der Waals surface area contributed by atoms with E-state index in [1.807, 2.05) is 0 Å². The minimum absolute atomic E-state index is 0.270. The van der Waals surface area contributed by atoms with Crippen LogP contribution in [0.4, 0.5) is 4.39 Å². The molecule has 0 heterocycles. The van der Waals surface area contributed by atoms with Gasteiger partial charge in [-0.15, -0.1) is 0 Å². The molecule has 3 unspecified atom stereocenters. The molecule has 0 aliphatic heterocycles. The van der Waals surface area contributed by atoms with Crippen LogP contribution in [0.15, 0.2) is 16.6 Å². The van der Waals surface area contributed by atoms with Gasteiger partial charge >= 0.3 is 0 Å². The van der Waals surface area contributed by atoms with Crippen LogP contribution in [0.1, 0.15) is 25.0 Å². The predicted molar refractivity (Wildman–Crippen MR) is 62.9 cm³/mol. The molecule has 1 fully saturated rings. The molecular weight excluding hydrogens is 275 g/mol. The highest BCUT2D eigenvalue weighted by Crippen LogP contribution is 2.49. The monoisotopic (exact) mass is 288 g/mol. The highest BCUT2D eigenvalue weighted by atomic mass is 79.9. The van der Waals surface area contributed by atoms with Crippen LogP contribution in [0, 0.1) is 17.7 Å². The summed E-state index contributed by atoms with van der Waals surface area (Å²) in [5.74, 6) is 0.832. The van der Waals surface area contributed by atoms with Crippen LogP contribution in [0.2, 0.25) is 0 Å². The first-order valence-electron chi connectivity index (χ1n) is 5.25. The number of aliphatic hydroxyl groups excluding tert-OH is 1. The van der Waals surface area contributed by atoms with E-state index in [-0.39, 0.29) is 11.7 Å². The van der Waals surface area contributed by atoms with Gasteiger partial charge in [-0.3, -0.25) is 0 Å². The van der Waals surface area contributed by atoms with E-state index in [1.54, 1.807) is 6.07 Å². The largest absolute Gasteiger partial charge is 0.496 e. The molecule has 88 valence electrons. The van der Waals surface area contributed by atoms with Crippen LogP contribution in [0.25, 0.3) is 0 Å². The van der Waals surface area contributed by atoms with Crippen molar-refractivity contribution in [1.29, 1.82) is 0 Å². The van der Waals surface area contributed by atoms with E-state index in [0.717, 1.165) is 6.42 Å². The Labute approximate surface area is 103 Å². The van der Waals surface area contributed by atoms with Gasteiger partial charge in [-0.1, -0.05) is 6.92 Å². The van der Waals surface area contributed by atoms with Gasteiger partial charge in [0, 0.05) is 11.6 Å². The summed E-state index contributed by atoms with van der Waals surface area (Å²) in [6.07, 6.45) is 0.445. The van der Waals surface area contributed by atoms with Gasteiger partial charge in [-0.25, -0.2) is 4.39 Å². The topological polar surface area (TPSA) is 29.5 Å². The molecule has 1 aliphatic rings. The second kappa shape index (κ2) is 4.34. The van der Waals surface area contributed by atoms with Crippen molar-refractivity contribution in [3.05, 3.63) is 28.0 Å². The lowest BCUT2D eigenvalue weighted by Gasteiger charge is -2.15. The van der Waals surface area contributed by atoms with E-state index >= 15 is 0 Å². The average Bonchev–Trinajstić information content (AvgIpc) is 2.98. The third-order valence-corrected chi connectivity index (χ3v) is 3.78. The zero-order chi connectivity index (χ0) is 11.9. The molecule has 16 heavy (non-hydrogen) atoms. The molecule has 1 aromatic rings. The lowest BCUT2D eigenvalue weighted by atomic mass is 10.0. The SMILES string of the molecule is COc1cc(F)c(Br)cc1C(O)C1CC1C. The Morgan fingerprint density at radius 1 is 1.56 bits per heavy atom. The molecule has 1 aromatic carbocycles. The standard InChI is InChI=1S/C12H14BrFO2/c1-6-3-7(6)12(15)8-4-9(13)10(14)5-11(8)16-2/h4-7,12,15H,3H2,1-2H3. The molecule has 2 nitrogen and oxygen atoms in total. The Bertz CT molecular complexity index is 408. The zero-order valence-electron chi connectivity index (χ0n) is 9.21. The summed E-state index contributed by atoms with van der Waals surface area (Å²) in [4.78, 5) is 0. The summed E-state index contributed by atoms with van der Waals surface area (Å²) in [5, 5.41) is 10.1. The van der Waals surface area contributed by atoms with Crippen molar-refractivity contribution in [1.82, 2.24) is 0 Å². The van der Waals surface area contributed by atoms with Gasteiger partial charge in [0.15, 0.2) is 0 Å². The molecule has 2 rings (SSSR count). The van der Waals surface area contributed by atoms with Gasteiger partial charge in [0.1, 0.15) is 11.6 Å². The van der Waals surface area contributed by atoms with Crippen LogP contribution in [-0.2, 0) is 0 Å². The summed E-state index contributed by atoms with van der Waals surface area (Å²) < 4.78 is 18.7. The van der Waals surface area contributed by atoms with Crippen molar-refractivity contribution < 1.29 is 14.2 Å². The first-order chi connectivity index (χ1) is 7.54. The van der Waals surface area contributed by atoms with Gasteiger partial charge in [0.2, 0.25) is 0 Å². The Balaban J connectivity index is 2.35. The summed E-state index contributed by atoms with van der Waals surface area (Å²) >= 11 is 3.12. The van der Waals surface area contributed by atoms with E-state index in [2.05, 4.69) is 22.9 Å². The van der Waals surface area contributed by atoms with Crippen LogP contribution in [0.3, 0.4) is 0 Å². The molecule has 0 radical (unpaired) electrons. The summed E-state index contributed by atoms with van der Waals surface area (Å²) in [7, 11) is 1.48. The fourth-order valence-electron chi connectivity index (χ4n) is 1.97. The summed E-state index contributed by atoms with van der Waals surface area (Å²) in [6, 6.07) is 2.90. The normalized spacial score (nSPS) is 25.3. The number of rotatable bonds is 3. The van der Waals surface area contributed by atoms with E-state index in [1.165, 1.54) is 13.2 Å². The van der Waals surface area contributed by atoms with Crippen molar-refractivity contribution in [2.45, 2.75) is 19.4 Å². The highest BCUT2D eigenvalue weighted by Gasteiger charge is 2.40. The molecule has 1 saturated carbocycles. The Morgan fingerprint density at radius 2 is 2.19 bits per heavy atom. The first kappa shape index (κ1) is 11.9. The summed E-state index contributed by atoms with van der Waals surface area (Å²) in [5.41, 5.74) is 0.658. The second-order valence-electron chi connectivity index (χ2n) is 4.33. The number of methoxy groups -OCH3 is 1. The number of halogens is 2. The molecular formula is C12H14BrFO2. The van der Waals surface area contributed by atoms with Crippen LogP contribution in [-0.4, -0.2) is 12.2 Å². The minimum Gasteiger partial charge on any atom is -0.496 e. The maximum atomic E-state index is 13.3. The molecule has 0 bridgehead atoms. The van der Waals surface area contributed by atoms with Gasteiger partial charge in [-0.05, 0) is 40.3 Å². The van der Waals surface area contributed by atoms with E-state index in [9.17, 15) is 9.50 Å². The average molecular weight is 289 g/mol. The smallest absolute Gasteiger partial charge is 0.141 e. The molecule has 0 saturated heterocycles. The summed E-state index contributed by atoms with van der Waals surface area (Å²) in [6.45, 7) is 2.10. The molecule has 4 heteroatoms. The maximum Gasteiger partial charge on any atom is 0.141 e. The van der Waals surface area contributed by atoms with Crippen molar-refractivity contribution in [2.75, 3.05) is 7.11 Å². The molecule has 0 spiro atoms. The van der Waals surface area contributed by atoms with E-state index in [4.69, 9.17) is 4.74 Å². The van der Waals surface area contributed by atoms with Gasteiger partial charge < -0.3 is 9.84 Å². The molecule has 0 aromatic heterocycles. The fourth-order valence-corrected chi connectivity index (χ4v) is 2.33. The maximum absolute atomic E-state index is 13.3.